The molecule has 4 amide bonds. The van der Waals surface area contributed by atoms with Crippen molar-refractivity contribution >= 4 is 35.1 Å². The molecular formula is C22H25ClN4O3. The number of carbonyl (C=O) groups is 3. The number of urea groups is 1. The Bertz CT molecular complexity index is 955. The standard InChI is InChI=1S/C22H25ClN4O3/c1-15-5-3-8-19(16(15)2)24-22(30)25-20(28)14-26-9-11-27(12-10-26)21(29)17-6-4-7-18(23)13-17/h3-8,13H,9-12,14H2,1-2H3,(H2,24,25,28,30). The van der Waals surface area contributed by atoms with Gasteiger partial charge in [-0.2, -0.15) is 0 Å². The van der Waals surface area contributed by atoms with Gasteiger partial charge < -0.3 is 10.2 Å². The van der Waals surface area contributed by atoms with Crippen LogP contribution in [0, 0.1) is 13.8 Å². The molecule has 8 heteroatoms. The zero-order chi connectivity index (χ0) is 21.7. The van der Waals surface area contributed by atoms with Crippen molar-refractivity contribution < 1.29 is 14.4 Å². The third kappa shape index (κ3) is 5.58. The van der Waals surface area contributed by atoms with Crippen molar-refractivity contribution in [3.8, 4) is 0 Å². The second kappa shape index (κ2) is 9.73. The van der Waals surface area contributed by atoms with Crippen molar-refractivity contribution in [3.05, 3.63) is 64.2 Å². The lowest BCUT2D eigenvalue weighted by Gasteiger charge is -2.34. The second-order valence-electron chi connectivity index (χ2n) is 7.33. The van der Waals surface area contributed by atoms with E-state index in [1.165, 1.54) is 0 Å². The number of amides is 4. The first-order chi connectivity index (χ1) is 14.3. The number of halogens is 1. The summed E-state index contributed by atoms with van der Waals surface area (Å²) in [6.45, 7) is 6.09. The lowest BCUT2D eigenvalue weighted by molar-refractivity contribution is -0.121. The Morgan fingerprint density at radius 3 is 2.40 bits per heavy atom. The van der Waals surface area contributed by atoms with Gasteiger partial charge >= 0.3 is 6.03 Å². The molecule has 0 unspecified atom stereocenters. The average molecular weight is 429 g/mol. The van der Waals surface area contributed by atoms with E-state index in [1.807, 2.05) is 30.9 Å². The van der Waals surface area contributed by atoms with E-state index in [-0.39, 0.29) is 18.4 Å². The van der Waals surface area contributed by atoms with Crippen LogP contribution in [0.5, 0.6) is 0 Å². The quantitative estimate of drug-likeness (QED) is 0.784. The fraction of sp³-hybridized carbons (Fsp3) is 0.318. The van der Waals surface area contributed by atoms with E-state index in [2.05, 4.69) is 10.6 Å². The maximum atomic E-state index is 12.6. The first kappa shape index (κ1) is 21.8. The number of anilines is 1. The molecule has 7 nitrogen and oxygen atoms in total. The third-order valence-corrected chi connectivity index (χ3v) is 5.44. The van der Waals surface area contributed by atoms with Crippen molar-refractivity contribution in [2.24, 2.45) is 0 Å². The molecule has 2 aromatic rings. The SMILES string of the molecule is Cc1cccc(NC(=O)NC(=O)CN2CCN(C(=O)c3cccc(Cl)c3)CC2)c1C. The first-order valence-electron chi connectivity index (χ1n) is 9.78. The van der Waals surface area contributed by atoms with Crippen molar-refractivity contribution in [2.75, 3.05) is 38.0 Å². The highest BCUT2D eigenvalue weighted by Crippen LogP contribution is 2.17. The van der Waals surface area contributed by atoms with Crippen LogP contribution in [0.4, 0.5) is 10.5 Å². The van der Waals surface area contributed by atoms with Gasteiger partial charge in [-0.15, -0.1) is 0 Å². The highest BCUT2D eigenvalue weighted by atomic mass is 35.5. The number of rotatable bonds is 4. The Morgan fingerprint density at radius 1 is 1.00 bits per heavy atom. The normalized spacial score (nSPS) is 14.3. The molecule has 30 heavy (non-hydrogen) atoms. The van der Waals surface area contributed by atoms with Crippen molar-refractivity contribution in [2.45, 2.75) is 13.8 Å². The molecule has 1 heterocycles. The fourth-order valence-electron chi connectivity index (χ4n) is 3.32. The summed E-state index contributed by atoms with van der Waals surface area (Å²) in [7, 11) is 0. The first-order valence-corrected chi connectivity index (χ1v) is 10.2. The molecule has 0 aliphatic carbocycles. The second-order valence-corrected chi connectivity index (χ2v) is 7.76. The van der Waals surface area contributed by atoms with Crippen molar-refractivity contribution in [1.29, 1.82) is 0 Å². The highest BCUT2D eigenvalue weighted by Gasteiger charge is 2.24. The van der Waals surface area contributed by atoms with Crippen LogP contribution in [0.25, 0.3) is 0 Å². The monoisotopic (exact) mass is 428 g/mol. The molecule has 2 N–H and O–H groups in total. The summed E-state index contributed by atoms with van der Waals surface area (Å²) in [5.74, 6) is -0.457. The lowest BCUT2D eigenvalue weighted by atomic mass is 10.1. The van der Waals surface area contributed by atoms with Gasteiger partial charge in [-0.05, 0) is 49.2 Å². The van der Waals surface area contributed by atoms with Crippen LogP contribution in [0.3, 0.4) is 0 Å². The van der Waals surface area contributed by atoms with Gasteiger partial charge in [0.2, 0.25) is 5.91 Å². The predicted molar refractivity (Wildman–Crippen MR) is 117 cm³/mol. The van der Waals surface area contributed by atoms with E-state index >= 15 is 0 Å². The summed E-state index contributed by atoms with van der Waals surface area (Å²) in [5, 5.41) is 5.60. The van der Waals surface area contributed by atoms with E-state index < -0.39 is 6.03 Å². The summed E-state index contributed by atoms with van der Waals surface area (Å²) >= 11 is 5.96. The summed E-state index contributed by atoms with van der Waals surface area (Å²) in [6.07, 6.45) is 0. The molecule has 0 atom stereocenters. The highest BCUT2D eigenvalue weighted by molar-refractivity contribution is 6.30. The number of benzene rings is 2. The molecule has 1 aliphatic heterocycles. The number of aryl methyl sites for hydroxylation is 1. The molecule has 0 bridgehead atoms. The number of nitrogens with zero attached hydrogens (tertiary/aromatic N) is 2. The number of carbonyl (C=O) groups excluding carboxylic acids is 3. The smallest absolute Gasteiger partial charge is 0.325 e. The van der Waals surface area contributed by atoms with Gasteiger partial charge in [-0.3, -0.25) is 19.8 Å². The minimum absolute atomic E-state index is 0.0745. The van der Waals surface area contributed by atoms with Gasteiger partial charge in [-0.1, -0.05) is 29.8 Å². The topological polar surface area (TPSA) is 81.8 Å². The number of hydrogen-bond donors (Lipinski definition) is 2. The summed E-state index contributed by atoms with van der Waals surface area (Å²) in [6, 6.07) is 11.9. The Kier molecular flexibility index (Phi) is 7.07. The van der Waals surface area contributed by atoms with Gasteiger partial charge in [0.15, 0.2) is 0 Å². The Morgan fingerprint density at radius 2 is 1.70 bits per heavy atom. The molecule has 0 aromatic heterocycles. The van der Waals surface area contributed by atoms with Crippen LogP contribution in [0.1, 0.15) is 21.5 Å². The maximum absolute atomic E-state index is 12.6. The van der Waals surface area contributed by atoms with E-state index in [4.69, 9.17) is 11.6 Å². The molecule has 1 fully saturated rings. The molecule has 158 valence electrons. The molecule has 0 saturated carbocycles. The Labute approximate surface area is 181 Å². The summed E-state index contributed by atoms with van der Waals surface area (Å²) < 4.78 is 0. The van der Waals surface area contributed by atoms with Crippen LogP contribution in [-0.4, -0.2) is 60.4 Å². The van der Waals surface area contributed by atoms with Crippen LogP contribution in [0.2, 0.25) is 5.02 Å². The number of hydrogen-bond acceptors (Lipinski definition) is 4. The molecule has 1 aliphatic rings. The van der Waals surface area contributed by atoms with E-state index in [1.54, 1.807) is 35.2 Å². The number of piperazine rings is 1. The zero-order valence-corrected chi connectivity index (χ0v) is 17.8. The van der Waals surface area contributed by atoms with Gasteiger partial charge in [0.05, 0.1) is 6.54 Å². The van der Waals surface area contributed by atoms with Gasteiger partial charge in [0.25, 0.3) is 5.91 Å². The summed E-state index contributed by atoms with van der Waals surface area (Å²) in [4.78, 5) is 40.6. The van der Waals surface area contributed by atoms with Gasteiger partial charge in [0.1, 0.15) is 0 Å². The van der Waals surface area contributed by atoms with Gasteiger partial charge in [-0.25, -0.2) is 4.79 Å². The van der Waals surface area contributed by atoms with Crippen LogP contribution >= 0.6 is 11.6 Å². The maximum Gasteiger partial charge on any atom is 0.325 e. The van der Waals surface area contributed by atoms with Crippen molar-refractivity contribution in [3.63, 3.8) is 0 Å². The molecular weight excluding hydrogens is 404 g/mol. The number of imide groups is 1. The van der Waals surface area contributed by atoms with E-state index in [9.17, 15) is 14.4 Å². The van der Waals surface area contributed by atoms with E-state index in [0.29, 0.717) is 42.5 Å². The van der Waals surface area contributed by atoms with Crippen LogP contribution < -0.4 is 10.6 Å². The van der Waals surface area contributed by atoms with Crippen LogP contribution in [0.15, 0.2) is 42.5 Å². The zero-order valence-electron chi connectivity index (χ0n) is 17.1. The molecule has 0 radical (unpaired) electrons. The Hall–Kier alpha value is -2.90. The van der Waals surface area contributed by atoms with E-state index in [0.717, 1.165) is 11.1 Å². The minimum Gasteiger partial charge on any atom is -0.336 e. The minimum atomic E-state index is -0.552. The fourth-order valence-corrected chi connectivity index (χ4v) is 3.51. The largest absolute Gasteiger partial charge is 0.336 e. The predicted octanol–water partition coefficient (Wildman–Crippen LogP) is 3.06. The lowest BCUT2D eigenvalue weighted by Crippen LogP contribution is -2.51. The molecule has 0 spiro atoms. The van der Waals surface area contributed by atoms with Crippen LogP contribution in [-0.2, 0) is 4.79 Å². The van der Waals surface area contributed by atoms with Crippen molar-refractivity contribution in [1.82, 2.24) is 15.1 Å². The number of nitrogens with one attached hydrogen (secondary N) is 2. The summed E-state index contributed by atoms with van der Waals surface area (Å²) in [5.41, 5.74) is 3.25. The average Bonchev–Trinajstić information content (AvgIpc) is 2.71. The third-order valence-electron chi connectivity index (χ3n) is 5.20. The molecule has 1 saturated heterocycles. The molecule has 3 rings (SSSR count). The Balaban J connectivity index is 1.45. The molecule has 2 aromatic carbocycles. The van der Waals surface area contributed by atoms with Gasteiger partial charge in [0, 0.05) is 42.5 Å².